The van der Waals surface area contributed by atoms with E-state index < -0.39 is 22.0 Å². The van der Waals surface area contributed by atoms with Gasteiger partial charge in [0.1, 0.15) is 11.4 Å². The van der Waals surface area contributed by atoms with E-state index in [1.807, 2.05) is 39.1 Å². The zero-order valence-electron chi connectivity index (χ0n) is 29.1. The van der Waals surface area contributed by atoms with Gasteiger partial charge in [0.05, 0.1) is 30.4 Å². The average molecular weight is 701 g/mol. The topological polar surface area (TPSA) is 153 Å². The van der Waals surface area contributed by atoms with Crippen LogP contribution in [0.1, 0.15) is 67.4 Å². The molecule has 0 saturated heterocycles. The molecular weight excluding hydrogens is 652 g/mol. The number of ether oxygens (including phenoxy) is 4. The maximum atomic E-state index is 14.4. The number of likely N-dealkylation sites (N-methyl/N-ethyl adjacent to an activating group) is 1. The fourth-order valence-corrected chi connectivity index (χ4v) is 7.62. The van der Waals surface area contributed by atoms with Crippen LogP contribution in [0, 0.1) is 19.8 Å². The Morgan fingerprint density at radius 1 is 1.08 bits per heavy atom. The van der Waals surface area contributed by atoms with Crippen molar-refractivity contribution >= 4 is 21.6 Å². The fraction of sp³-hybridized carbons (Fsp3) is 0.543. The summed E-state index contributed by atoms with van der Waals surface area (Å²) in [5, 5.41) is 14.0. The molecule has 4 atom stereocenters. The first-order valence-electron chi connectivity index (χ1n) is 16.7. The second kappa shape index (κ2) is 15.8. The lowest BCUT2D eigenvalue weighted by atomic mass is 10.0. The van der Waals surface area contributed by atoms with Crippen molar-refractivity contribution in [3.8, 4) is 17.2 Å². The Morgan fingerprint density at radius 2 is 1.84 bits per heavy atom. The standard InChI is InChI=1S/C35H48N4O9S/c1-22-17-39(23(2)20-40)35(41)29-16-28(37-49(42,43)34-25(4)36-48-26(34)5)11-13-30(29)47-24(3)9-7-8-14-44-33(22)19-38(6)18-27-10-12-31-32(15-27)46-21-45-31/h10-13,15-16,22-24,33,37,40H,7-9,14,17-21H2,1-6H3/t22-,23+,24+,33-/m1/s1. The van der Waals surface area contributed by atoms with Gasteiger partial charge < -0.3 is 33.5 Å². The van der Waals surface area contributed by atoms with Gasteiger partial charge >= 0.3 is 0 Å². The summed E-state index contributed by atoms with van der Waals surface area (Å²) in [6.07, 6.45) is 2.00. The Balaban J connectivity index is 1.41. The number of hydrogen-bond acceptors (Lipinski definition) is 11. The van der Waals surface area contributed by atoms with E-state index in [0.717, 1.165) is 36.3 Å². The molecule has 0 aliphatic carbocycles. The summed E-state index contributed by atoms with van der Waals surface area (Å²) in [7, 11) is -2.04. The molecule has 0 radical (unpaired) electrons. The largest absolute Gasteiger partial charge is 0.490 e. The first kappa shape index (κ1) is 36.4. The van der Waals surface area contributed by atoms with Crippen molar-refractivity contribution in [3.05, 3.63) is 59.0 Å². The summed E-state index contributed by atoms with van der Waals surface area (Å²) in [6, 6.07) is 10.1. The van der Waals surface area contributed by atoms with E-state index in [9.17, 15) is 18.3 Å². The predicted octanol–water partition coefficient (Wildman–Crippen LogP) is 4.75. The number of aliphatic hydroxyl groups excluding tert-OH is 1. The number of rotatable bonds is 9. The molecule has 0 spiro atoms. The van der Waals surface area contributed by atoms with Crippen molar-refractivity contribution < 1.29 is 41.8 Å². The van der Waals surface area contributed by atoms with Crippen LogP contribution in [-0.2, 0) is 21.3 Å². The normalized spacial score (nSPS) is 21.2. The Kier molecular flexibility index (Phi) is 11.7. The van der Waals surface area contributed by atoms with Gasteiger partial charge in [0.25, 0.3) is 15.9 Å². The van der Waals surface area contributed by atoms with Crippen LogP contribution in [0.3, 0.4) is 0 Å². The minimum atomic E-state index is -4.07. The van der Waals surface area contributed by atoms with E-state index in [1.165, 1.54) is 13.0 Å². The summed E-state index contributed by atoms with van der Waals surface area (Å²) in [6.45, 7) is 10.9. The number of hydrogen-bond donors (Lipinski definition) is 2. The van der Waals surface area contributed by atoms with Crippen LogP contribution in [0.5, 0.6) is 17.2 Å². The second-order valence-corrected chi connectivity index (χ2v) is 14.8. The molecule has 268 valence electrons. The van der Waals surface area contributed by atoms with Crippen molar-refractivity contribution in [2.24, 2.45) is 5.92 Å². The van der Waals surface area contributed by atoms with Gasteiger partial charge in [-0.25, -0.2) is 8.42 Å². The Morgan fingerprint density at radius 3 is 2.57 bits per heavy atom. The number of benzene rings is 2. The number of amides is 1. The molecule has 14 heteroatoms. The van der Waals surface area contributed by atoms with Crippen molar-refractivity contribution in [2.75, 3.05) is 44.9 Å². The molecule has 49 heavy (non-hydrogen) atoms. The maximum absolute atomic E-state index is 14.4. The predicted molar refractivity (Wildman–Crippen MR) is 183 cm³/mol. The molecule has 3 aromatic rings. The molecule has 2 aromatic carbocycles. The number of sulfonamides is 1. The molecule has 5 rings (SSSR count). The van der Waals surface area contributed by atoms with E-state index >= 15 is 0 Å². The highest BCUT2D eigenvalue weighted by atomic mass is 32.2. The van der Waals surface area contributed by atoms with E-state index in [-0.39, 0.29) is 65.7 Å². The van der Waals surface area contributed by atoms with Crippen LogP contribution in [-0.4, -0.2) is 92.8 Å². The number of aromatic nitrogens is 1. The smallest absolute Gasteiger partial charge is 0.267 e. The third kappa shape index (κ3) is 8.85. The number of aliphatic hydroxyl groups is 1. The molecule has 1 aromatic heterocycles. The SMILES string of the molecule is Cc1noc(C)c1S(=O)(=O)Nc1ccc2c(c1)C(=O)N([C@@H](C)CO)C[C@@H](C)[C@@H](CN(C)Cc1ccc3c(c1)OCO3)OCCCC[C@H](C)O2. The number of nitrogens with one attached hydrogen (secondary N) is 1. The van der Waals surface area contributed by atoms with Gasteiger partial charge in [-0.1, -0.05) is 18.1 Å². The third-order valence-corrected chi connectivity index (χ3v) is 10.5. The Bertz CT molecular complexity index is 1690. The van der Waals surface area contributed by atoms with E-state index in [2.05, 4.69) is 14.8 Å². The number of carbonyl (C=O) groups is 1. The number of carbonyl (C=O) groups excluding carboxylic acids is 1. The number of nitrogens with zero attached hydrogens (tertiary/aromatic N) is 3. The number of anilines is 1. The summed E-state index contributed by atoms with van der Waals surface area (Å²) < 4.78 is 58.1. The lowest BCUT2D eigenvalue weighted by Gasteiger charge is -2.36. The lowest BCUT2D eigenvalue weighted by molar-refractivity contribution is -0.0177. The van der Waals surface area contributed by atoms with Gasteiger partial charge in [-0.15, -0.1) is 0 Å². The van der Waals surface area contributed by atoms with Gasteiger partial charge in [-0.05, 0) is 89.9 Å². The molecular formula is C35H48N4O9S. The molecule has 1 amide bonds. The van der Waals surface area contributed by atoms with Crippen molar-refractivity contribution in [1.29, 1.82) is 0 Å². The van der Waals surface area contributed by atoms with Crippen molar-refractivity contribution in [2.45, 2.75) is 83.6 Å². The van der Waals surface area contributed by atoms with Crippen LogP contribution in [0.4, 0.5) is 5.69 Å². The lowest BCUT2D eigenvalue weighted by Crippen LogP contribution is -2.47. The summed E-state index contributed by atoms with van der Waals surface area (Å²) in [4.78, 5) is 18.2. The van der Waals surface area contributed by atoms with Gasteiger partial charge in [0.15, 0.2) is 22.2 Å². The highest BCUT2D eigenvalue weighted by Gasteiger charge is 2.31. The highest BCUT2D eigenvalue weighted by molar-refractivity contribution is 7.92. The van der Waals surface area contributed by atoms with E-state index in [0.29, 0.717) is 25.4 Å². The first-order valence-corrected chi connectivity index (χ1v) is 18.2. The van der Waals surface area contributed by atoms with Gasteiger partial charge in [-0.2, -0.15) is 0 Å². The van der Waals surface area contributed by atoms with E-state index in [4.69, 9.17) is 23.5 Å². The summed E-state index contributed by atoms with van der Waals surface area (Å²) in [5.41, 5.74) is 1.68. The third-order valence-electron chi connectivity index (χ3n) is 8.92. The fourth-order valence-electron chi connectivity index (χ4n) is 6.24. The van der Waals surface area contributed by atoms with Gasteiger partial charge in [-0.3, -0.25) is 14.4 Å². The first-order chi connectivity index (χ1) is 23.4. The van der Waals surface area contributed by atoms with Crippen LogP contribution < -0.4 is 18.9 Å². The maximum Gasteiger partial charge on any atom is 0.267 e. The Hall–Kier alpha value is -3.85. The quantitative estimate of drug-likeness (QED) is 0.318. The van der Waals surface area contributed by atoms with Gasteiger partial charge in [0.2, 0.25) is 6.79 Å². The molecule has 3 heterocycles. The average Bonchev–Trinajstić information content (AvgIpc) is 3.67. The summed E-state index contributed by atoms with van der Waals surface area (Å²) in [5.74, 6) is 1.46. The van der Waals surface area contributed by atoms with Crippen LogP contribution in [0.2, 0.25) is 0 Å². The zero-order chi connectivity index (χ0) is 35.3. The minimum Gasteiger partial charge on any atom is -0.490 e. The zero-order valence-corrected chi connectivity index (χ0v) is 29.9. The molecule has 0 fully saturated rings. The van der Waals surface area contributed by atoms with Crippen molar-refractivity contribution in [3.63, 3.8) is 0 Å². The number of aryl methyl sites for hydroxylation is 2. The Labute approximate surface area is 288 Å². The molecule has 2 N–H and O–H groups in total. The van der Waals surface area contributed by atoms with Crippen molar-refractivity contribution in [1.82, 2.24) is 15.0 Å². The molecule has 0 unspecified atom stereocenters. The highest BCUT2D eigenvalue weighted by Crippen LogP contribution is 2.33. The van der Waals surface area contributed by atoms with E-state index in [1.54, 1.807) is 30.9 Å². The molecule has 13 nitrogen and oxygen atoms in total. The molecule has 0 saturated carbocycles. The summed E-state index contributed by atoms with van der Waals surface area (Å²) >= 11 is 0. The molecule has 0 bridgehead atoms. The molecule has 2 aliphatic heterocycles. The molecule has 2 aliphatic rings. The minimum absolute atomic E-state index is 0.0531. The van der Waals surface area contributed by atoms with Crippen LogP contribution in [0.15, 0.2) is 45.8 Å². The van der Waals surface area contributed by atoms with Crippen LogP contribution in [0.25, 0.3) is 0 Å². The monoisotopic (exact) mass is 700 g/mol. The number of fused-ring (bicyclic) bond motifs is 2. The van der Waals surface area contributed by atoms with Gasteiger partial charge in [0, 0.05) is 37.8 Å². The second-order valence-electron chi connectivity index (χ2n) is 13.2. The van der Waals surface area contributed by atoms with Crippen LogP contribution >= 0.6 is 0 Å².